The molecule has 178 valence electrons. The second-order valence-corrected chi connectivity index (χ2v) is 11.3. The van der Waals surface area contributed by atoms with Crippen molar-refractivity contribution < 1.29 is 22.7 Å². The first kappa shape index (κ1) is 22.9. The predicted molar refractivity (Wildman–Crippen MR) is 130 cm³/mol. The second kappa shape index (κ2) is 9.04. The smallest absolute Gasteiger partial charge is 0.310 e. The summed E-state index contributed by atoms with van der Waals surface area (Å²) in [5.74, 6) is 0.288. The molecule has 0 aromatic heterocycles. The van der Waals surface area contributed by atoms with Crippen molar-refractivity contribution in [3.8, 4) is 5.75 Å². The van der Waals surface area contributed by atoms with Crippen LogP contribution in [0.4, 0.5) is 0 Å². The normalized spacial score (nSPS) is 24.0. The first-order chi connectivity index (χ1) is 16.4. The van der Waals surface area contributed by atoms with Gasteiger partial charge >= 0.3 is 5.97 Å². The molecule has 2 bridgehead atoms. The summed E-state index contributed by atoms with van der Waals surface area (Å²) in [5, 5.41) is 2.33. The average molecular weight is 480 g/mol. The maximum absolute atomic E-state index is 13.4. The lowest BCUT2D eigenvalue weighted by Gasteiger charge is -2.35. The second-order valence-electron chi connectivity index (χ2n) is 9.34. The molecule has 6 nitrogen and oxygen atoms in total. The molecular formula is C27H29NO5S. The van der Waals surface area contributed by atoms with Gasteiger partial charge in [0.2, 0.25) is 10.0 Å². The summed E-state index contributed by atoms with van der Waals surface area (Å²) in [6.45, 7) is 0.392. The van der Waals surface area contributed by atoms with Gasteiger partial charge in [0.25, 0.3) is 0 Å². The average Bonchev–Trinajstić information content (AvgIpc) is 3.48. The van der Waals surface area contributed by atoms with Crippen molar-refractivity contribution in [2.45, 2.75) is 36.8 Å². The number of rotatable bonds is 7. The van der Waals surface area contributed by atoms with Crippen molar-refractivity contribution in [1.29, 1.82) is 0 Å². The zero-order valence-corrected chi connectivity index (χ0v) is 20.2. The van der Waals surface area contributed by atoms with Crippen molar-refractivity contribution in [2.24, 2.45) is 17.8 Å². The molecule has 3 aromatic rings. The number of benzene rings is 3. The Bertz CT molecular complexity index is 1300. The maximum atomic E-state index is 13.4. The van der Waals surface area contributed by atoms with Gasteiger partial charge in [-0.1, -0.05) is 36.4 Å². The number of sulfonamides is 1. The minimum atomic E-state index is -3.76. The molecule has 3 aromatic carbocycles. The zero-order chi connectivity index (χ0) is 23.9. The monoisotopic (exact) mass is 479 g/mol. The fourth-order valence-electron chi connectivity index (χ4n) is 5.78. The molecule has 34 heavy (non-hydrogen) atoms. The van der Waals surface area contributed by atoms with Gasteiger partial charge in [-0.15, -0.1) is 0 Å². The van der Waals surface area contributed by atoms with Crippen LogP contribution in [0, 0.1) is 17.8 Å². The van der Waals surface area contributed by atoms with Gasteiger partial charge in [-0.2, -0.15) is 4.31 Å². The van der Waals surface area contributed by atoms with Crippen molar-refractivity contribution in [3.63, 3.8) is 0 Å². The fraction of sp³-hybridized carbons (Fsp3) is 0.370. The highest BCUT2D eigenvalue weighted by Gasteiger charge is 2.55. The molecule has 2 saturated carbocycles. The highest BCUT2D eigenvalue weighted by Crippen LogP contribution is 2.51. The Hall–Kier alpha value is -2.90. The Morgan fingerprint density at radius 3 is 2.41 bits per heavy atom. The molecule has 0 radical (unpaired) electrons. The van der Waals surface area contributed by atoms with E-state index in [1.165, 1.54) is 16.8 Å². The van der Waals surface area contributed by atoms with Crippen molar-refractivity contribution in [2.75, 3.05) is 14.2 Å². The fourth-order valence-corrected chi connectivity index (χ4v) is 7.22. The summed E-state index contributed by atoms with van der Waals surface area (Å²) < 4.78 is 39.1. The number of carbonyl (C=O) groups is 1. The first-order valence-corrected chi connectivity index (χ1v) is 13.1. The Balaban J connectivity index is 1.29. The van der Waals surface area contributed by atoms with Crippen LogP contribution in [0.5, 0.6) is 5.75 Å². The van der Waals surface area contributed by atoms with Crippen LogP contribution in [-0.2, 0) is 26.2 Å². The summed E-state index contributed by atoms with van der Waals surface area (Å²) in [6.07, 6.45) is 2.79. The number of ether oxygens (including phenoxy) is 2. The van der Waals surface area contributed by atoms with E-state index in [0.717, 1.165) is 30.2 Å². The van der Waals surface area contributed by atoms with E-state index >= 15 is 0 Å². The van der Waals surface area contributed by atoms with Crippen LogP contribution in [0.3, 0.4) is 0 Å². The van der Waals surface area contributed by atoms with Crippen LogP contribution in [0.2, 0.25) is 0 Å². The highest BCUT2D eigenvalue weighted by molar-refractivity contribution is 7.89. The largest absolute Gasteiger partial charge is 0.489 e. The van der Waals surface area contributed by atoms with E-state index in [4.69, 9.17) is 9.47 Å². The molecule has 0 spiro atoms. The van der Waals surface area contributed by atoms with Gasteiger partial charge in [0.15, 0.2) is 0 Å². The quantitative estimate of drug-likeness (QED) is 0.462. The summed E-state index contributed by atoms with van der Waals surface area (Å²) in [7, 11) is -0.802. The molecular weight excluding hydrogens is 450 g/mol. The third-order valence-corrected chi connectivity index (χ3v) is 9.36. The van der Waals surface area contributed by atoms with E-state index < -0.39 is 15.9 Å². The van der Waals surface area contributed by atoms with E-state index in [1.54, 1.807) is 31.3 Å². The summed E-state index contributed by atoms with van der Waals surface area (Å²) in [5.41, 5.74) is 1.04. The molecule has 0 saturated heterocycles. The van der Waals surface area contributed by atoms with Gasteiger partial charge in [0.1, 0.15) is 12.4 Å². The lowest BCUT2D eigenvalue weighted by atomic mass is 9.84. The van der Waals surface area contributed by atoms with E-state index in [2.05, 4.69) is 24.3 Å². The van der Waals surface area contributed by atoms with Gasteiger partial charge in [-0.25, -0.2) is 8.42 Å². The number of hydrogen-bond donors (Lipinski definition) is 0. The Morgan fingerprint density at radius 2 is 1.68 bits per heavy atom. The lowest BCUT2D eigenvalue weighted by Crippen LogP contribution is -2.48. The Morgan fingerprint density at radius 1 is 0.971 bits per heavy atom. The molecule has 0 aliphatic heterocycles. The third kappa shape index (κ3) is 4.07. The van der Waals surface area contributed by atoms with Crippen LogP contribution in [0.15, 0.2) is 71.6 Å². The first-order valence-electron chi connectivity index (χ1n) is 11.6. The van der Waals surface area contributed by atoms with Gasteiger partial charge in [0.05, 0.1) is 17.9 Å². The van der Waals surface area contributed by atoms with Crippen molar-refractivity contribution in [1.82, 2.24) is 4.31 Å². The molecule has 4 unspecified atom stereocenters. The Kier molecular flexibility index (Phi) is 6.08. The van der Waals surface area contributed by atoms with Crippen LogP contribution >= 0.6 is 0 Å². The topological polar surface area (TPSA) is 72.9 Å². The summed E-state index contributed by atoms with van der Waals surface area (Å²) in [6, 6.07) is 20.5. The third-order valence-electron chi connectivity index (χ3n) is 7.49. The van der Waals surface area contributed by atoms with Crippen LogP contribution in [0.25, 0.3) is 10.8 Å². The van der Waals surface area contributed by atoms with Crippen LogP contribution in [0.1, 0.15) is 24.8 Å². The number of nitrogens with zero attached hydrogens (tertiary/aromatic N) is 1. The molecule has 2 aliphatic carbocycles. The molecule has 5 rings (SSSR count). The Labute approximate surface area is 200 Å². The predicted octanol–water partition coefficient (Wildman–Crippen LogP) is 4.63. The van der Waals surface area contributed by atoms with Crippen molar-refractivity contribution in [3.05, 3.63) is 72.3 Å². The van der Waals surface area contributed by atoms with E-state index in [0.29, 0.717) is 12.4 Å². The minimum Gasteiger partial charge on any atom is -0.489 e. The number of fused-ring (bicyclic) bond motifs is 3. The van der Waals surface area contributed by atoms with Gasteiger partial charge in [0, 0.05) is 13.1 Å². The van der Waals surface area contributed by atoms with Crippen molar-refractivity contribution >= 4 is 26.8 Å². The molecule has 7 heteroatoms. The maximum Gasteiger partial charge on any atom is 0.310 e. The number of hydrogen-bond acceptors (Lipinski definition) is 5. The van der Waals surface area contributed by atoms with E-state index in [1.807, 2.05) is 18.2 Å². The number of carbonyl (C=O) groups excluding carboxylic acids is 1. The SMILES string of the molecule is COC(=O)C1C2CCC(C2)C1N(C)S(=O)(=O)c1ccc(OCc2ccc3ccccc3c2)cc1. The van der Waals surface area contributed by atoms with Gasteiger partial charge in [-0.3, -0.25) is 4.79 Å². The number of methoxy groups -OCH3 is 1. The molecule has 0 N–H and O–H groups in total. The van der Waals surface area contributed by atoms with Gasteiger partial charge in [-0.05, 0) is 77.8 Å². The molecule has 2 aliphatic rings. The standard InChI is InChI=1S/C27H29NO5S/c1-28(26-22-10-9-21(16-22)25(26)27(29)32-2)34(30,31)24-13-11-23(12-14-24)33-17-18-7-8-19-5-3-4-6-20(19)15-18/h3-8,11-15,21-22,25-26H,9-10,16-17H2,1-2H3. The number of esters is 1. The van der Waals surface area contributed by atoms with E-state index in [9.17, 15) is 13.2 Å². The molecule has 4 atom stereocenters. The zero-order valence-electron chi connectivity index (χ0n) is 19.4. The molecule has 0 heterocycles. The van der Waals surface area contributed by atoms with Crippen LogP contribution < -0.4 is 4.74 Å². The lowest BCUT2D eigenvalue weighted by molar-refractivity contribution is -0.149. The van der Waals surface area contributed by atoms with Gasteiger partial charge < -0.3 is 9.47 Å². The van der Waals surface area contributed by atoms with E-state index in [-0.39, 0.29) is 28.7 Å². The summed E-state index contributed by atoms with van der Waals surface area (Å²) in [4.78, 5) is 12.6. The summed E-state index contributed by atoms with van der Waals surface area (Å²) >= 11 is 0. The molecule has 2 fully saturated rings. The van der Waals surface area contributed by atoms with Crippen LogP contribution in [-0.4, -0.2) is 38.9 Å². The highest BCUT2D eigenvalue weighted by atomic mass is 32.2. The molecule has 0 amide bonds. The minimum absolute atomic E-state index is 0.193.